The molecule has 2 heterocycles. The zero-order valence-corrected chi connectivity index (χ0v) is 14.9. The summed E-state index contributed by atoms with van der Waals surface area (Å²) in [6.07, 6.45) is 6.74. The van der Waals surface area contributed by atoms with Crippen LogP contribution in [0.4, 0.5) is 0 Å². The molecule has 0 aromatic rings. The largest absolute Gasteiger partial charge is 1.00 e. The van der Waals surface area contributed by atoms with Gasteiger partial charge in [-0.2, -0.15) is 0 Å². The van der Waals surface area contributed by atoms with E-state index in [1.165, 1.54) is 34.7 Å². The summed E-state index contributed by atoms with van der Waals surface area (Å²) in [5, 5.41) is 2.85. The summed E-state index contributed by atoms with van der Waals surface area (Å²) in [5.74, 6) is 2.47. The van der Waals surface area contributed by atoms with Gasteiger partial charge in [0.2, 0.25) is 5.04 Å². The van der Waals surface area contributed by atoms with Gasteiger partial charge in [-0.3, -0.25) is 0 Å². The highest BCUT2D eigenvalue weighted by molar-refractivity contribution is 8.14. The molecule has 5 heteroatoms. The van der Waals surface area contributed by atoms with Crippen molar-refractivity contribution in [3.8, 4) is 0 Å². The Morgan fingerprint density at radius 1 is 1.28 bits per heavy atom. The monoisotopic (exact) mass is 396 g/mol. The van der Waals surface area contributed by atoms with Crippen molar-refractivity contribution in [2.24, 2.45) is 0 Å². The van der Waals surface area contributed by atoms with Crippen molar-refractivity contribution in [2.45, 2.75) is 13.8 Å². The van der Waals surface area contributed by atoms with E-state index in [4.69, 9.17) is 0 Å². The van der Waals surface area contributed by atoms with Crippen LogP contribution in [0.1, 0.15) is 13.8 Å². The van der Waals surface area contributed by atoms with Crippen molar-refractivity contribution < 1.29 is 28.6 Å². The number of hydrogen-bond donors (Lipinski definition) is 0. The van der Waals surface area contributed by atoms with E-state index < -0.39 is 0 Å². The minimum atomic E-state index is 0. The molecule has 18 heavy (non-hydrogen) atoms. The predicted octanol–water partition coefficient (Wildman–Crippen LogP) is -0.366. The van der Waals surface area contributed by atoms with Crippen molar-refractivity contribution in [2.75, 3.05) is 37.7 Å². The Bertz CT molecular complexity index is 364. The lowest BCUT2D eigenvalue weighted by atomic mass is 10.4. The number of hydrogen-bond acceptors (Lipinski definition) is 3. The summed E-state index contributed by atoms with van der Waals surface area (Å²) in [6, 6.07) is 0. The van der Waals surface area contributed by atoms with Crippen LogP contribution in [0.5, 0.6) is 0 Å². The smallest absolute Gasteiger partial charge is 0.234 e. The quantitative estimate of drug-likeness (QED) is 0.473. The van der Waals surface area contributed by atoms with E-state index in [1.807, 2.05) is 23.5 Å². The van der Waals surface area contributed by atoms with Crippen molar-refractivity contribution in [3.63, 3.8) is 0 Å². The maximum Gasteiger partial charge on any atom is 0.234 e. The van der Waals surface area contributed by atoms with Crippen LogP contribution in [0.25, 0.3) is 0 Å². The van der Waals surface area contributed by atoms with E-state index in [9.17, 15) is 0 Å². The molecule has 102 valence electrons. The molecule has 0 amide bonds. The van der Waals surface area contributed by atoms with Crippen LogP contribution < -0.4 is 24.0 Å². The van der Waals surface area contributed by atoms with Gasteiger partial charge in [0.15, 0.2) is 6.54 Å². The van der Waals surface area contributed by atoms with Gasteiger partial charge < -0.3 is 28.9 Å². The predicted molar refractivity (Wildman–Crippen MR) is 80.1 cm³/mol. The van der Waals surface area contributed by atoms with Gasteiger partial charge in [-0.05, 0) is 19.9 Å². The highest BCUT2D eigenvalue weighted by atomic mass is 127. The fourth-order valence-corrected chi connectivity index (χ4v) is 4.27. The van der Waals surface area contributed by atoms with Crippen LogP contribution >= 0.6 is 23.5 Å². The minimum absolute atomic E-state index is 0. The first-order valence-corrected chi connectivity index (χ1v) is 8.33. The number of nitrogens with zero attached hydrogens (tertiary/aromatic N) is 2. The summed E-state index contributed by atoms with van der Waals surface area (Å²) in [7, 11) is 0. The molecule has 1 saturated heterocycles. The summed E-state index contributed by atoms with van der Waals surface area (Å²) in [6.45, 7) is 9.10. The molecule has 0 bridgehead atoms. The average molecular weight is 396 g/mol. The number of allylic oxidation sites excluding steroid dienone is 2. The Labute approximate surface area is 136 Å². The highest BCUT2D eigenvalue weighted by Crippen LogP contribution is 2.27. The lowest BCUT2D eigenvalue weighted by Crippen LogP contribution is -3.00. The first-order valence-electron chi connectivity index (χ1n) is 6.36. The van der Waals surface area contributed by atoms with E-state index in [1.54, 1.807) is 0 Å². The van der Waals surface area contributed by atoms with Crippen molar-refractivity contribution in [3.05, 3.63) is 23.3 Å². The second kappa shape index (κ2) is 8.53. The Balaban J connectivity index is 0.00000162. The first kappa shape index (κ1) is 16.4. The highest BCUT2D eigenvalue weighted by Gasteiger charge is 2.18. The molecule has 0 N–H and O–H groups in total. The number of rotatable bonds is 4. The maximum absolute atomic E-state index is 2.44. The zero-order chi connectivity index (χ0) is 12.1. The molecule has 0 radical (unpaired) electrons. The van der Waals surface area contributed by atoms with Gasteiger partial charge in [0.25, 0.3) is 0 Å². The van der Waals surface area contributed by atoms with Crippen LogP contribution in [0.3, 0.4) is 0 Å². The van der Waals surface area contributed by atoms with E-state index >= 15 is 0 Å². The topological polar surface area (TPSA) is 6.25 Å². The van der Waals surface area contributed by atoms with Crippen LogP contribution in [-0.4, -0.2) is 52.2 Å². The van der Waals surface area contributed by atoms with Crippen LogP contribution in [0, 0.1) is 0 Å². The lowest BCUT2D eigenvalue weighted by Gasteiger charge is -2.14. The van der Waals surface area contributed by atoms with E-state index in [2.05, 4.69) is 41.6 Å². The van der Waals surface area contributed by atoms with Crippen LogP contribution in [0.15, 0.2) is 23.3 Å². The molecule has 0 saturated carbocycles. The second-order valence-electron chi connectivity index (χ2n) is 4.06. The zero-order valence-electron chi connectivity index (χ0n) is 11.1. The molecule has 1 fully saturated rings. The van der Waals surface area contributed by atoms with Gasteiger partial charge >= 0.3 is 0 Å². The van der Waals surface area contributed by atoms with Gasteiger partial charge in [-0.25, -0.2) is 4.58 Å². The minimum Gasteiger partial charge on any atom is -1.00 e. The fraction of sp³-hybridized carbons (Fsp3) is 0.615. The van der Waals surface area contributed by atoms with Gasteiger partial charge in [0, 0.05) is 24.9 Å². The molecule has 0 unspecified atom stereocenters. The van der Waals surface area contributed by atoms with Gasteiger partial charge in [-0.1, -0.05) is 17.8 Å². The molecule has 0 aliphatic carbocycles. The van der Waals surface area contributed by atoms with Crippen LogP contribution in [-0.2, 0) is 0 Å². The van der Waals surface area contributed by atoms with E-state index in [0.717, 1.165) is 13.1 Å². The molecular formula is C13H21IN2S2. The van der Waals surface area contributed by atoms with Crippen LogP contribution in [0.2, 0.25) is 0 Å². The first-order chi connectivity index (χ1) is 8.35. The fourth-order valence-electron chi connectivity index (χ4n) is 2.07. The third kappa shape index (κ3) is 4.20. The summed E-state index contributed by atoms with van der Waals surface area (Å²) < 4.78 is 2.44. The standard InChI is InChI=1S/C13H21N2S2.HI/c1-3-14-8-10-16-12(14)6-5-7-13-15(4-2)9-11-17-13;/h5-7H,3-4,8-11H2,1-2H3;1H/q+1;/p-1. The van der Waals surface area contributed by atoms with E-state index in [-0.39, 0.29) is 24.0 Å². The SMILES string of the molecule is CCN1CCS/C1=C\C=C\C1=[N+](CC)CCS1.[I-]. The molecule has 2 aliphatic rings. The summed E-state index contributed by atoms with van der Waals surface area (Å²) in [5.41, 5.74) is 0. The van der Waals surface area contributed by atoms with Gasteiger partial charge in [-0.15, -0.1) is 11.8 Å². The number of halogens is 1. The number of thioether (sulfide) groups is 2. The average Bonchev–Trinajstić information content (AvgIpc) is 2.97. The lowest BCUT2D eigenvalue weighted by molar-refractivity contribution is -0.513. The molecule has 2 rings (SSSR count). The van der Waals surface area contributed by atoms with E-state index in [0.29, 0.717) is 0 Å². The summed E-state index contributed by atoms with van der Waals surface area (Å²) in [4.78, 5) is 2.44. The Morgan fingerprint density at radius 2 is 2.11 bits per heavy atom. The Morgan fingerprint density at radius 3 is 2.83 bits per heavy atom. The molecule has 0 aromatic carbocycles. The molecule has 2 nitrogen and oxygen atoms in total. The summed E-state index contributed by atoms with van der Waals surface area (Å²) >= 11 is 3.94. The molecule has 0 spiro atoms. The molecule has 2 aliphatic heterocycles. The third-order valence-electron chi connectivity index (χ3n) is 3.09. The van der Waals surface area contributed by atoms with Gasteiger partial charge in [0.05, 0.1) is 10.8 Å². The molecule has 0 aromatic heterocycles. The van der Waals surface area contributed by atoms with Crippen molar-refractivity contribution >= 4 is 28.6 Å². The molecule has 0 atom stereocenters. The van der Waals surface area contributed by atoms with Crippen molar-refractivity contribution in [1.29, 1.82) is 0 Å². The molecular weight excluding hydrogens is 375 g/mol. The second-order valence-corrected chi connectivity index (χ2v) is 6.29. The maximum atomic E-state index is 2.44. The third-order valence-corrected chi connectivity index (χ3v) is 5.24. The normalized spacial score (nSPS) is 22.3. The van der Waals surface area contributed by atoms with Gasteiger partial charge in [0.1, 0.15) is 6.54 Å². The Kier molecular flexibility index (Phi) is 7.79. The van der Waals surface area contributed by atoms with Crippen molar-refractivity contribution in [1.82, 2.24) is 4.90 Å². The Hall–Kier alpha value is 0.380.